The minimum absolute atomic E-state index is 0.0643. The number of primary amides is 1. The van der Waals surface area contributed by atoms with E-state index in [1.165, 1.54) is 16.7 Å². The van der Waals surface area contributed by atoms with Crippen molar-refractivity contribution in [3.63, 3.8) is 0 Å². The van der Waals surface area contributed by atoms with Gasteiger partial charge in [0, 0.05) is 10.9 Å². The molecule has 19 heavy (non-hydrogen) atoms. The highest BCUT2D eigenvalue weighted by atomic mass is 32.2. The third kappa shape index (κ3) is 2.59. The highest BCUT2D eigenvalue weighted by molar-refractivity contribution is 8.00. The van der Waals surface area contributed by atoms with Crippen molar-refractivity contribution < 1.29 is 9.59 Å². The van der Waals surface area contributed by atoms with Gasteiger partial charge >= 0.3 is 0 Å². The van der Waals surface area contributed by atoms with Gasteiger partial charge in [-0.25, -0.2) is 0 Å². The third-order valence-corrected chi connectivity index (χ3v) is 4.22. The first-order chi connectivity index (χ1) is 8.91. The molecule has 0 spiro atoms. The Labute approximate surface area is 116 Å². The second-order valence-corrected chi connectivity index (χ2v) is 5.66. The topological polar surface area (TPSA) is 89.4 Å². The molecule has 6 heteroatoms. The lowest BCUT2D eigenvalue weighted by molar-refractivity contribution is -0.123. The van der Waals surface area contributed by atoms with Crippen LogP contribution in [0.15, 0.2) is 23.1 Å². The fourth-order valence-electron chi connectivity index (χ4n) is 2.02. The minimum atomic E-state index is -0.645. The first kappa shape index (κ1) is 13.9. The van der Waals surface area contributed by atoms with Gasteiger partial charge in [-0.1, -0.05) is 6.07 Å². The van der Waals surface area contributed by atoms with Gasteiger partial charge < -0.3 is 11.5 Å². The molecule has 1 aliphatic rings. The number of carbonyl (C=O) groups is 2. The van der Waals surface area contributed by atoms with E-state index in [4.69, 9.17) is 11.5 Å². The lowest BCUT2D eigenvalue weighted by Gasteiger charge is -2.32. The number of hydrogen-bond donors (Lipinski definition) is 2. The van der Waals surface area contributed by atoms with Gasteiger partial charge in [0.15, 0.2) is 0 Å². The summed E-state index contributed by atoms with van der Waals surface area (Å²) in [5.74, 6) is -0.299. The van der Waals surface area contributed by atoms with E-state index >= 15 is 0 Å². The fourth-order valence-corrected chi connectivity index (χ4v) is 2.98. The first-order valence-electron chi connectivity index (χ1n) is 6.05. The molecule has 0 radical (unpaired) electrons. The van der Waals surface area contributed by atoms with Crippen molar-refractivity contribution in [3.05, 3.63) is 23.8 Å². The maximum atomic E-state index is 12.0. The molecule has 0 saturated carbocycles. The van der Waals surface area contributed by atoms with E-state index in [0.29, 0.717) is 5.75 Å². The van der Waals surface area contributed by atoms with Crippen LogP contribution >= 0.6 is 11.8 Å². The molecule has 1 aromatic carbocycles. The maximum Gasteiger partial charge on any atom is 0.240 e. The zero-order valence-electron chi connectivity index (χ0n) is 10.9. The molecule has 0 saturated heterocycles. The van der Waals surface area contributed by atoms with Gasteiger partial charge in [-0.05, 0) is 31.5 Å². The van der Waals surface area contributed by atoms with E-state index in [0.717, 1.165) is 16.1 Å². The van der Waals surface area contributed by atoms with E-state index in [2.05, 4.69) is 0 Å². The van der Waals surface area contributed by atoms with Crippen molar-refractivity contribution in [1.82, 2.24) is 0 Å². The molecular weight excluding hydrogens is 262 g/mol. The SMILES string of the molecule is CC(N)c1ccc2c(c1)SCC(=O)N2C(C)C(N)=O. The van der Waals surface area contributed by atoms with E-state index in [9.17, 15) is 9.59 Å². The van der Waals surface area contributed by atoms with Gasteiger partial charge in [0.05, 0.1) is 11.4 Å². The molecule has 1 heterocycles. The second-order valence-electron chi connectivity index (χ2n) is 4.65. The molecule has 5 nitrogen and oxygen atoms in total. The van der Waals surface area contributed by atoms with Crippen molar-refractivity contribution in [2.24, 2.45) is 11.5 Å². The molecule has 0 aromatic heterocycles. The molecule has 102 valence electrons. The number of nitrogens with zero attached hydrogens (tertiary/aromatic N) is 1. The minimum Gasteiger partial charge on any atom is -0.368 e. The Morgan fingerprint density at radius 3 is 2.68 bits per heavy atom. The second kappa shape index (κ2) is 5.22. The van der Waals surface area contributed by atoms with Gasteiger partial charge in [0.1, 0.15) is 6.04 Å². The summed E-state index contributed by atoms with van der Waals surface area (Å²) in [6.45, 7) is 3.55. The predicted octanol–water partition coefficient (Wildman–Crippen LogP) is 1.02. The predicted molar refractivity (Wildman–Crippen MR) is 75.9 cm³/mol. The van der Waals surface area contributed by atoms with Crippen LogP contribution in [0.25, 0.3) is 0 Å². The summed E-state index contributed by atoms with van der Waals surface area (Å²) in [5, 5.41) is 0. The van der Waals surface area contributed by atoms with Crippen molar-refractivity contribution in [2.75, 3.05) is 10.7 Å². The summed E-state index contributed by atoms with van der Waals surface area (Å²) in [4.78, 5) is 25.8. The zero-order chi connectivity index (χ0) is 14.2. The summed E-state index contributed by atoms with van der Waals surface area (Å²) in [6, 6.07) is 4.97. The highest BCUT2D eigenvalue weighted by Gasteiger charge is 2.31. The maximum absolute atomic E-state index is 12.0. The number of hydrogen-bond acceptors (Lipinski definition) is 4. The number of thioether (sulfide) groups is 1. The van der Waals surface area contributed by atoms with E-state index < -0.39 is 11.9 Å². The van der Waals surface area contributed by atoms with E-state index in [1.807, 2.05) is 25.1 Å². The standard InChI is InChI=1S/C13H17N3O2S/c1-7(14)9-3-4-10-11(5-9)19-6-12(17)16(10)8(2)13(15)18/h3-5,7-8H,6,14H2,1-2H3,(H2,15,18). The largest absolute Gasteiger partial charge is 0.368 e. The van der Waals surface area contributed by atoms with Crippen LogP contribution in [-0.2, 0) is 9.59 Å². The molecule has 2 unspecified atom stereocenters. The summed E-state index contributed by atoms with van der Waals surface area (Å²) in [6.07, 6.45) is 0. The molecule has 0 aliphatic carbocycles. The molecule has 2 rings (SSSR count). The van der Waals surface area contributed by atoms with Gasteiger partial charge in [-0.3, -0.25) is 14.5 Å². The Balaban J connectivity index is 2.45. The fraction of sp³-hybridized carbons (Fsp3) is 0.385. The Hall–Kier alpha value is -1.53. The lowest BCUT2D eigenvalue weighted by Crippen LogP contribution is -2.48. The molecular formula is C13H17N3O2S. The molecule has 2 amide bonds. The van der Waals surface area contributed by atoms with Crippen molar-refractivity contribution in [1.29, 1.82) is 0 Å². The van der Waals surface area contributed by atoms with Crippen LogP contribution in [0.1, 0.15) is 25.5 Å². The van der Waals surface area contributed by atoms with E-state index in [-0.39, 0.29) is 11.9 Å². The first-order valence-corrected chi connectivity index (χ1v) is 7.04. The van der Waals surface area contributed by atoms with Crippen LogP contribution in [0.4, 0.5) is 5.69 Å². The Kier molecular flexibility index (Phi) is 3.82. The average Bonchev–Trinajstić information content (AvgIpc) is 2.37. The number of nitrogens with two attached hydrogens (primary N) is 2. The van der Waals surface area contributed by atoms with Gasteiger partial charge in [-0.15, -0.1) is 11.8 Å². The molecule has 1 aliphatic heterocycles. The summed E-state index contributed by atoms with van der Waals surface area (Å²) in [7, 11) is 0. The Bertz CT molecular complexity index is 531. The lowest BCUT2D eigenvalue weighted by atomic mass is 10.1. The smallest absolute Gasteiger partial charge is 0.240 e. The van der Waals surface area contributed by atoms with Gasteiger partial charge in [0.2, 0.25) is 11.8 Å². The van der Waals surface area contributed by atoms with Crippen LogP contribution in [0.2, 0.25) is 0 Å². The van der Waals surface area contributed by atoms with Crippen molar-refractivity contribution in [2.45, 2.75) is 30.8 Å². The summed E-state index contributed by atoms with van der Waals surface area (Å²) >= 11 is 1.46. The van der Waals surface area contributed by atoms with Crippen LogP contribution in [0.3, 0.4) is 0 Å². The number of benzene rings is 1. The average molecular weight is 279 g/mol. The summed E-state index contributed by atoms with van der Waals surface area (Å²) < 4.78 is 0. The van der Waals surface area contributed by atoms with Gasteiger partial charge in [-0.2, -0.15) is 0 Å². The van der Waals surface area contributed by atoms with Crippen molar-refractivity contribution in [3.8, 4) is 0 Å². The molecule has 1 aromatic rings. The van der Waals surface area contributed by atoms with Gasteiger partial charge in [0.25, 0.3) is 0 Å². The number of anilines is 1. The Morgan fingerprint density at radius 1 is 1.42 bits per heavy atom. The van der Waals surface area contributed by atoms with Crippen LogP contribution < -0.4 is 16.4 Å². The molecule has 4 N–H and O–H groups in total. The van der Waals surface area contributed by atoms with Crippen LogP contribution in [-0.4, -0.2) is 23.6 Å². The molecule has 0 bridgehead atoms. The number of fused-ring (bicyclic) bond motifs is 1. The van der Waals surface area contributed by atoms with Crippen molar-refractivity contribution >= 4 is 29.3 Å². The Morgan fingerprint density at radius 2 is 2.11 bits per heavy atom. The monoisotopic (exact) mass is 279 g/mol. The quantitative estimate of drug-likeness (QED) is 0.864. The number of amides is 2. The molecule has 0 fully saturated rings. The third-order valence-electron chi connectivity index (χ3n) is 3.19. The number of rotatable bonds is 3. The highest BCUT2D eigenvalue weighted by Crippen LogP contribution is 2.37. The van der Waals surface area contributed by atoms with Crippen LogP contribution in [0.5, 0.6) is 0 Å². The van der Waals surface area contributed by atoms with E-state index in [1.54, 1.807) is 6.92 Å². The summed E-state index contributed by atoms with van der Waals surface area (Å²) in [5.41, 5.74) is 12.9. The zero-order valence-corrected chi connectivity index (χ0v) is 11.7. The normalized spacial score (nSPS) is 17.8. The molecule has 2 atom stereocenters. The van der Waals surface area contributed by atoms with Crippen LogP contribution in [0, 0.1) is 0 Å². The number of carbonyl (C=O) groups excluding carboxylic acids is 2.